The minimum Gasteiger partial charge on any atom is -0.350 e. The molecule has 0 spiro atoms. The van der Waals surface area contributed by atoms with Crippen LogP contribution < -0.4 is 11.1 Å². The quantitative estimate of drug-likeness (QED) is 0.634. The molecular formula is C20H28Cl2N4O4S. The second-order valence-corrected chi connectivity index (χ2v) is 10.9. The minimum atomic E-state index is -3.71. The van der Waals surface area contributed by atoms with Gasteiger partial charge in [-0.15, -0.1) is 0 Å². The predicted molar refractivity (Wildman–Crippen MR) is 120 cm³/mol. The molecule has 31 heavy (non-hydrogen) atoms. The molecule has 1 saturated heterocycles. The fourth-order valence-electron chi connectivity index (χ4n) is 4.09. The van der Waals surface area contributed by atoms with E-state index >= 15 is 0 Å². The van der Waals surface area contributed by atoms with Crippen LogP contribution in [0.3, 0.4) is 0 Å². The molecule has 2 fully saturated rings. The van der Waals surface area contributed by atoms with Gasteiger partial charge < -0.3 is 16.0 Å². The Hall–Kier alpha value is -1.39. The molecular weight excluding hydrogens is 463 g/mol. The van der Waals surface area contributed by atoms with Crippen molar-refractivity contribution in [1.29, 1.82) is 0 Å². The van der Waals surface area contributed by atoms with Crippen molar-refractivity contribution >= 4 is 45.0 Å². The van der Waals surface area contributed by atoms with E-state index in [-0.39, 0.29) is 41.5 Å². The Morgan fingerprint density at radius 3 is 2.42 bits per heavy atom. The molecule has 1 aromatic rings. The van der Waals surface area contributed by atoms with Crippen LogP contribution in [0.2, 0.25) is 10.0 Å². The highest BCUT2D eigenvalue weighted by Gasteiger charge is 2.46. The number of benzene rings is 1. The number of halogens is 2. The van der Waals surface area contributed by atoms with Crippen molar-refractivity contribution in [3.63, 3.8) is 0 Å². The normalized spacial score (nSPS) is 24.9. The molecule has 1 aromatic carbocycles. The number of rotatable bonds is 6. The molecule has 1 saturated carbocycles. The molecule has 0 aromatic heterocycles. The molecule has 1 heterocycles. The van der Waals surface area contributed by atoms with E-state index in [4.69, 9.17) is 28.9 Å². The van der Waals surface area contributed by atoms with E-state index in [1.54, 1.807) is 6.92 Å². The van der Waals surface area contributed by atoms with Gasteiger partial charge in [-0.05, 0) is 50.3 Å². The number of carbonyl (C=O) groups is 2. The van der Waals surface area contributed by atoms with E-state index in [2.05, 4.69) is 5.32 Å². The van der Waals surface area contributed by atoms with Crippen LogP contribution in [0.15, 0.2) is 18.2 Å². The van der Waals surface area contributed by atoms with Gasteiger partial charge in [0.1, 0.15) is 0 Å². The number of sulfonamides is 1. The average molecular weight is 491 g/mol. The highest BCUT2D eigenvalue weighted by Crippen LogP contribution is 2.27. The van der Waals surface area contributed by atoms with Crippen LogP contribution in [0.4, 0.5) is 0 Å². The zero-order valence-corrected chi connectivity index (χ0v) is 19.7. The van der Waals surface area contributed by atoms with Gasteiger partial charge in [0.25, 0.3) is 11.8 Å². The molecule has 11 heteroatoms. The van der Waals surface area contributed by atoms with Crippen LogP contribution in [0.1, 0.15) is 49.4 Å². The van der Waals surface area contributed by atoms with Gasteiger partial charge in [-0.3, -0.25) is 9.59 Å². The Bertz CT molecular complexity index is 935. The van der Waals surface area contributed by atoms with Crippen LogP contribution in [0.5, 0.6) is 0 Å². The number of amides is 2. The Labute approximate surface area is 193 Å². The Kier molecular flexibility index (Phi) is 7.86. The third-order valence-electron chi connectivity index (χ3n) is 5.73. The number of hydrogen-bond acceptors (Lipinski definition) is 5. The van der Waals surface area contributed by atoms with E-state index in [0.29, 0.717) is 11.4 Å². The third kappa shape index (κ3) is 5.51. The van der Waals surface area contributed by atoms with E-state index in [1.807, 2.05) is 0 Å². The van der Waals surface area contributed by atoms with Gasteiger partial charge in [0.2, 0.25) is 10.0 Å². The lowest BCUT2D eigenvalue weighted by atomic mass is 9.92. The maximum absolute atomic E-state index is 13.2. The van der Waals surface area contributed by atoms with Gasteiger partial charge in [0.15, 0.2) is 6.17 Å². The van der Waals surface area contributed by atoms with E-state index in [9.17, 15) is 18.0 Å². The van der Waals surface area contributed by atoms with E-state index in [0.717, 1.165) is 30.0 Å². The van der Waals surface area contributed by atoms with Gasteiger partial charge in [-0.25, -0.2) is 8.42 Å². The summed E-state index contributed by atoms with van der Waals surface area (Å²) in [5.74, 6) is -1.06. The third-order valence-corrected chi connectivity index (χ3v) is 8.49. The molecule has 1 aliphatic heterocycles. The predicted octanol–water partition coefficient (Wildman–Crippen LogP) is 2.20. The van der Waals surface area contributed by atoms with Crippen molar-refractivity contribution in [1.82, 2.24) is 14.5 Å². The SMILES string of the molecule is CCCS(=O)(=O)N1CCN(C(=O)c2ccc(Cl)c(Cl)c2)C1C(=O)NC1CCC(N)CC1. The Morgan fingerprint density at radius 1 is 1.13 bits per heavy atom. The molecule has 2 aliphatic rings. The summed E-state index contributed by atoms with van der Waals surface area (Å²) in [5.41, 5.74) is 6.18. The zero-order chi connectivity index (χ0) is 22.8. The lowest BCUT2D eigenvalue weighted by Crippen LogP contribution is -2.56. The standard InChI is InChI=1S/C20H28Cl2N4O4S/c1-2-11-31(29,30)26-10-9-25(20(28)13-3-8-16(21)17(22)12-13)19(26)18(27)24-15-6-4-14(23)5-7-15/h3,8,12,14-15,19H,2,4-7,9-11,23H2,1H3,(H,24,27). The molecule has 3 N–H and O–H groups in total. The first-order valence-corrected chi connectivity index (χ1v) is 12.8. The summed E-state index contributed by atoms with van der Waals surface area (Å²) in [5, 5.41) is 3.45. The summed E-state index contributed by atoms with van der Waals surface area (Å²) in [6.45, 7) is 1.92. The topological polar surface area (TPSA) is 113 Å². The fourth-order valence-corrected chi connectivity index (χ4v) is 6.01. The van der Waals surface area contributed by atoms with Crippen molar-refractivity contribution < 1.29 is 18.0 Å². The number of nitrogens with one attached hydrogen (secondary N) is 1. The molecule has 1 atom stereocenters. The summed E-state index contributed by atoms with van der Waals surface area (Å²) in [6.07, 6.45) is 2.20. The van der Waals surface area contributed by atoms with Gasteiger partial charge in [-0.1, -0.05) is 30.1 Å². The Morgan fingerprint density at radius 2 is 1.81 bits per heavy atom. The van der Waals surface area contributed by atoms with Crippen molar-refractivity contribution in [2.24, 2.45) is 5.73 Å². The largest absolute Gasteiger partial charge is 0.350 e. The van der Waals surface area contributed by atoms with Crippen LogP contribution in [0, 0.1) is 0 Å². The van der Waals surface area contributed by atoms with Crippen molar-refractivity contribution in [2.75, 3.05) is 18.8 Å². The van der Waals surface area contributed by atoms with Crippen LogP contribution in [-0.4, -0.2) is 66.5 Å². The molecule has 2 amide bonds. The monoisotopic (exact) mass is 490 g/mol. The maximum atomic E-state index is 13.2. The number of nitrogens with zero attached hydrogens (tertiary/aromatic N) is 2. The van der Waals surface area contributed by atoms with Crippen molar-refractivity contribution in [3.8, 4) is 0 Å². The smallest absolute Gasteiger partial charge is 0.259 e. The second-order valence-electron chi connectivity index (χ2n) is 8.05. The minimum absolute atomic E-state index is 0.0586. The highest BCUT2D eigenvalue weighted by atomic mass is 35.5. The zero-order valence-electron chi connectivity index (χ0n) is 17.4. The summed E-state index contributed by atoms with van der Waals surface area (Å²) in [6, 6.07) is 4.46. The van der Waals surface area contributed by atoms with E-state index in [1.165, 1.54) is 23.1 Å². The maximum Gasteiger partial charge on any atom is 0.259 e. The van der Waals surface area contributed by atoms with Gasteiger partial charge in [0.05, 0.1) is 15.8 Å². The highest BCUT2D eigenvalue weighted by molar-refractivity contribution is 7.89. The number of hydrogen-bond donors (Lipinski definition) is 2. The molecule has 0 radical (unpaired) electrons. The average Bonchev–Trinajstić information content (AvgIpc) is 3.17. The van der Waals surface area contributed by atoms with Crippen molar-refractivity contribution in [2.45, 2.75) is 57.3 Å². The molecule has 172 valence electrons. The Balaban J connectivity index is 1.87. The van der Waals surface area contributed by atoms with Crippen LogP contribution in [-0.2, 0) is 14.8 Å². The summed E-state index contributed by atoms with van der Waals surface area (Å²) < 4.78 is 26.8. The van der Waals surface area contributed by atoms with Crippen LogP contribution >= 0.6 is 23.2 Å². The lowest BCUT2D eigenvalue weighted by molar-refractivity contribution is -0.128. The second kappa shape index (κ2) is 10.0. The van der Waals surface area contributed by atoms with Gasteiger partial charge in [0, 0.05) is 30.7 Å². The molecule has 8 nitrogen and oxygen atoms in total. The fraction of sp³-hybridized carbons (Fsp3) is 0.600. The summed E-state index contributed by atoms with van der Waals surface area (Å²) in [4.78, 5) is 27.7. The lowest BCUT2D eigenvalue weighted by Gasteiger charge is -2.32. The van der Waals surface area contributed by atoms with Crippen molar-refractivity contribution in [3.05, 3.63) is 33.8 Å². The van der Waals surface area contributed by atoms with Crippen LogP contribution in [0.25, 0.3) is 0 Å². The molecule has 3 rings (SSSR count). The summed E-state index contributed by atoms with van der Waals surface area (Å²) in [7, 11) is -3.71. The number of carbonyl (C=O) groups excluding carboxylic acids is 2. The molecule has 1 aliphatic carbocycles. The van der Waals surface area contributed by atoms with E-state index < -0.39 is 28.0 Å². The number of nitrogens with two attached hydrogens (primary N) is 1. The first-order chi connectivity index (χ1) is 14.6. The summed E-state index contributed by atoms with van der Waals surface area (Å²) >= 11 is 12.0. The van der Waals surface area contributed by atoms with Gasteiger partial charge >= 0.3 is 0 Å². The van der Waals surface area contributed by atoms with Gasteiger partial charge in [-0.2, -0.15) is 4.31 Å². The first kappa shape index (κ1) is 24.3. The molecule has 1 unspecified atom stereocenters. The first-order valence-electron chi connectivity index (χ1n) is 10.5. The molecule has 0 bridgehead atoms.